The van der Waals surface area contributed by atoms with Gasteiger partial charge in [-0.15, -0.1) is 0 Å². The van der Waals surface area contributed by atoms with Gasteiger partial charge in [0.15, 0.2) is 17.3 Å². The van der Waals surface area contributed by atoms with Gasteiger partial charge in [0, 0.05) is 92.3 Å². The van der Waals surface area contributed by atoms with E-state index in [0.29, 0.717) is 0 Å². The molecule has 0 unspecified atom stereocenters. The summed E-state index contributed by atoms with van der Waals surface area (Å²) in [5.74, 6) is -1.50. The minimum absolute atomic E-state index is 0. The molecular formula is C27H27DyN3O12. The molecule has 0 saturated carbocycles. The summed E-state index contributed by atoms with van der Waals surface area (Å²) in [4.78, 5) is 62.9. The first-order chi connectivity index (χ1) is 19.6. The number of hydrogen-bond donors (Lipinski definition) is 3. The summed E-state index contributed by atoms with van der Waals surface area (Å²) in [6, 6.07) is 10.2. The van der Waals surface area contributed by atoms with Crippen LogP contribution >= 0.6 is 0 Å². The first-order valence-electron chi connectivity index (χ1n) is 12.2. The molecule has 3 rings (SSSR count). The molecule has 0 aromatic heterocycles. The van der Waals surface area contributed by atoms with Crippen LogP contribution in [-0.4, -0.2) is 47.4 Å². The van der Waals surface area contributed by atoms with E-state index in [-0.39, 0.29) is 126 Å². The summed E-state index contributed by atoms with van der Waals surface area (Å²) in [6.07, 6.45) is 0.752. The Morgan fingerprint density at radius 1 is 0.512 bits per heavy atom. The molecule has 43 heavy (non-hydrogen) atoms. The molecule has 0 spiro atoms. The van der Waals surface area contributed by atoms with Crippen molar-refractivity contribution in [1.29, 1.82) is 0 Å². The number of ketones is 3. The van der Waals surface area contributed by atoms with Gasteiger partial charge < -0.3 is 15.3 Å². The van der Waals surface area contributed by atoms with Crippen LogP contribution in [0.15, 0.2) is 54.6 Å². The first-order valence-corrected chi connectivity index (χ1v) is 12.2. The number of Topliss-reactive ketones (excluding diaryl/α,β-unsaturated/α-hetero) is 3. The van der Waals surface area contributed by atoms with Crippen molar-refractivity contribution in [2.24, 2.45) is 0 Å². The summed E-state index contributed by atoms with van der Waals surface area (Å²) in [7, 11) is 0. The normalized spacial score (nSPS) is 9.56. The average Bonchev–Trinajstić information content (AvgIpc) is 2.95. The maximum atomic E-state index is 11.2. The van der Waals surface area contributed by atoms with Gasteiger partial charge in [-0.2, -0.15) is 0 Å². The van der Waals surface area contributed by atoms with Gasteiger partial charge >= 0.3 is 0 Å². The molecule has 3 N–H and O–H groups in total. The van der Waals surface area contributed by atoms with Crippen LogP contribution in [0.1, 0.15) is 71.1 Å². The molecule has 0 saturated heterocycles. The van der Waals surface area contributed by atoms with E-state index in [1.807, 2.05) is 0 Å². The van der Waals surface area contributed by atoms with E-state index < -0.39 is 14.8 Å². The molecule has 0 aliphatic rings. The Morgan fingerprint density at radius 3 is 0.884 bits per heavy atom. The van der Waals surface area contributed by atoms with Crippen molar-refractivity contribution >= 4 is 34.4 Å². The second-order valence-corrected chi connectivity index (χ2v) is 8.32. The molecule has 0 bridgehead atoms. The fourth-order valence-electron chi connectivity index (χ4n) is 3.20. The van der Waals surface area contributed by atoms with E-state index in [0.717, 1.165) is 36.4 Å². The van der Waals surface area contributed by atoms with Crippen molar-refractivity contribution in [3.63, 3.8) is 0 Å². The minimum Gasteiger partial charge on any atom is -0.508 e. The number of nitro groups is 3. The number of rotatable bonds is 9. The number of benzene rings is 3. The van der Waals surface area contributed by atoms with Crippen molar-refractivity contribution in [1.82, 2.24) is 0 Å². The molecule has 15 nitrogen and oxygen atoms in total. The number of phenolic OH excluding ortho intramolecular Hbond substituents is 3. The molecule has 3 aromatic carbocycles. The second-order valence-electron chi connectivity index (χ2n) is 8.32. The summed E-state index contributed by atoms with van der Waals surface area (Å²) >= 11 is 0. The Kier molecular flexibility index (Phi) is 16.3. The Bertz CT molecular complexity index is 1350. The van der Waals surface area contributed by atoms with E-state index in [1.165, 1.54) is 18.2 Å². The van der Waals surface area contributed by atoms with Crippen molar-refractivity contribution in [2.45, 2.75) is 40.0 Å². The maximum absolute atomic E-state index is 11.2. The topological polar surface area (TPSA) is 241 Å². The largest absolute Gasteiger partial charge is 0.508 e. The molecule has 0 atom stereocenters. The molecular weight excluding hydrogens is 721 g/mol. The molecule has 0 heterocycles. The smallest absolute Gasteiger partial charge is 0.273 e. The Morgan fingerprint density at radius 2 is 0.721 bits per heavy atom. The number of carbonyl (C=O) groups is 3. The number of aromatic hydroxyl groups is 3. The number of nitrogens with zero attached hydrogens (tertiary/aromatic N) is 3. The van der Waals surface area contributed by atoms with Crippen LogP contribution in [0, 0.1) is 68.5 Å². The fourth-order valence-corrected chi connectivity index (χ4v) is 3.20. The maximum Gasteiger partial charge on any atom is 0.273 e. The van der Waals surface area contributed by atoms with Crippen LogP contribution in [0.3, 0.4) is 0 Å². The summed E-state index contributed by atoms with van der Waals surface area (Å²) in [5, 5.41) is 58.6. The SMILES string of the molecule is CCC(=O)c1cc(O)cc([N+](=O)[O-])c1.CCC(=O)c1cc(O)cc([N+](=O)[O-])c1.CCC(=O)c1cc(O)cc([N+](=O)[O-])c1.[Dy]. The van der Waals surface area contributed by atoms with Crippen molar-refractivity contribution in [2.75, 3.05) is 0 Å². The van der Waals surface area contributed by atoms with Crippen molar-refractivity contribution in [3.8, 4) is 17.2 Å². The summed E-state index contributed by atoms with van der Waals surface area (Å²) in [6.45, 7) is 4.95. The van der Waals surface area contributed by atoms with Crippen LogP contribution in [0.25, 0.3) is 0 Å². The number of carbonyl (C=O) groups excluding carboxylic acids is 3. The van der Waals surface area contributed by atoms with Gasteiger partial charge in [-0.25, -0.2) is 0 Å². The monoisotopic (exact) mass is 749 g/mol. The molecule has 0 radical (unpaired) electrons. The second kappa shape index (κ2) is 18.2. The number of hydrogen-bond acceptors (Lipinski definition) is 12. The number of nitro benzene ring substituents is 3. The van der Waals surface area contributed by atoms with Crippen LogP contribution in [0.2, 0.25) is 0 Å². The van der Waals surface area contributed by atoms with E-state index in [2.05, 4.69) is 0 Å². The predicted octanol–water partition coefficient (Wildman–Crippen LogP) is 5.68. The first kappa shape index (κ1) is 38.5. The number of non-ortho nitro benzene ring substituents is 3. The molecule has 232 valence electrons. The third-order valence-electron chi connectivity index (χ3n) is 5.27. The van der Waals surface area contributed by atoms with Gasteiger partial charge in [0.1, 0.15) is 17.2 Å². The molecule has 16 heteroatoms. The zero-order valence-corrected chi connectivity index (χ0v) is 25.0. The van der Waals surface area contributed by atoms with Gasteiger partial charge in [-0.3, -0.25) is 44.7 Å². The molecule has 0 aliphatic heterocycles. The van der Waals surface area contributed by atoms with E-state index in [1.54, 1.807) is 20.8 Å². The Hall–Kier alpha value is -4.46. The Balaban J connectivity index is 0.000000608. The molecule has 3 aromatic rings. The number of phenols is 3. The third kappa shape index (κ3) is 12.5. The fraction of sp³-hybridized carbons (Fsp3) is 0.222. The van der Waals surface area contributed by atoms with Crippen LogP contribution in [-0.2, 0) is 0 Å². The average molecular weight is 748 g/mol. The molecule has 0 amide bonds. The van der Waals surface area contributed by atoms with Crippen molar-refractivity contribution in [3.05, 3.63) is 102 Å². The van der Waals surface area contributed by atoms with Crippen LogP contribution in [0.5, 0.6) is 17.2 Å². The quantitative estimate of drug-likeness (QED) is 0.136. The van der Waals surface area contributed by atoms with Gasteiger partial charge in [-0.1, -0.05) is 20.8 Å². The Labute approximate surface area is 274 Å². The summed E-state index contributed by atoms with van der Waals surface area (Å²) in [5.41, 5.74) is -0.331. The van der Waals surface area contributed by atoms with E-state index >= 15 is 0 Å². The van der Waals surface area contributed by atoms with Crippen LogP contribution in [0.4, 0.5) is 17.1 Å². The van der Waals surface area contributed by atoms with Crippen molar-refractivity contribution < 1.29 is 82.6 Å². The van der Waals surface area contributed by atoms with Gasteiger partial charge in [-0.05, 0) is 18.2 Å². The standard InChI is InChI=1S/3C9H9NO4.Dy/c3*1-2-9(12)6-3-7(10(13)14)5-8(11)4-6;/h3*3-5,11H,2H2,1H3;. The zero-order chi connectivity index (χ0) is 32.1. The van der Waals surface area contributed by atoms with Gasteiger partial charge in [0.05, 0.1) is 33.0 Å². The van der Waals surface area contributed by atoms with Gasteiger partial charge in [0.25, 0.3) is 17.1 Å². The van der Waals surface area contributed by atoms with E-state index in [9.17, 15) is 44.7 Å². The third-order valence-corrected chi connectivity index (χ3v) is 5.27. The van der Waals surface area contributed by atoms with E-state index in [4.69, 9.17) is 15.3 Å². The van der Waals surface area contributed by atoms with Gasteiger partial charge in [0.2, 0.25) is 0 Å². The molecule has 0 aliphatic carbocycles. The summed E-state index contributed by atoms with van der Waals surface area (Å²) < 4.78 is 0. The van der Waals surface area contributed by atoms with Crippen LogP contribution < -0.4 is 0 Å². The predicted molar refractivity (Wildman–Crippen MR) is 148 cm³/mol. The molecule has 0 fully saturated rings. The minimum atomic E-state index is -0.647. The zero-order valence-electron chi connectivity index (χ0n) is 23.0.